The summed E-state index contributed by atoms with van der Waals surface area (Å²) in [4.78, 5) is 11.5. The average molecular weight is 234 g/mol. The van der Waals surface area contributed by atoms with E-state index in [0.717, 1.165) is 30.6 Å². The van der Waals surface area contributed by atoms with E-state index >= 15 is 0 Å². The molecule has 2 aliphatic rings. The molecule has 0 saturated heterocycles. The molecule has 0 aromatic carbocycles. The van der Waals surface area contributed by atoms with Crippen LogP contribution in [-0.4, -0.2) is 11.4 Å². The van der Waals surface area contributed by atoms with Crippen molar-refractivity contribution in [2.24, 2.45) is 5.92 Å². The average Bonchev–Trinajstić information content (AvgIpc) is 2.56. The minimum Gasteiger partial charge on any atom is -0.491 e. The Hall–Kier alpha value is -1.05. The van der Waals surface area contributed by atoms with Crippen molar-refractivity contribution in [1.82, 2.24) is 0 Å². The van der Waals surface area contributed by atoms with Crippen LogP contribution in [0, 0.1) is 5.92 Å². The van der Waals surface area contributed by atoms with Crippen LogP contribution in [0.1, 0.15) is 53.4 Å². The summed E-state index contributed by atoms with van der Waals surface area (Å²) in [6.07, 6.45) is 6.53. The van der Waals surface area contributed by atoms with Crippen LogP contribution in [0.4, 0.5) is 0 Å². The molecule has 2 atom stereocenters. The number of ether oxygens (including phenoxy) is 1. The van der Waals surface area contributed by atoms with E-state index in [1.165, 1.54) is 12.0 Å². The van der Waals surface area contributed by atoms with Gasteiger partial charge in [0.15, 0.2) is 5.78 Å². The Morgan fingerprint density at radius 3 is 2.65 bits per heavy atom. The lowest BCUT2D eigenvalue weighted by molar-refractivity contribution is -0.113. The predicted octanol–water partition coefficient (Wildman–Crippen LogP) is 3.77. The molecule has 2 heteroatoms. The standard InChI is InChI=1S/C15H22O2/c1-10-5-7-13(8-6-10)15(4)9-14(11(2)16)12(3)17-15/h5,13H,6-9H2,1-4H3. The molecule has 0 saturated carbocycles. The zero-order valence-electron chi connectivity index (χ0n) is 11.3. The highest BCUT2D eigenvalue weighted by molar-refractivity contribution is 5.94. The smallest absolute Gasteiger partial charge is 0.159 e. The van der Waals surface area contributed by atoms with Gasteiger partial charge in [-0.1, -0.05) is 11.6 Å². The maximum atomic E-state index is 11.5. The molecule has 1 aliphatic heterocycles. The molecule has 2 rings (SSSR count). The highest BCUT2D eigenvalue weighted by Gasteiger charge is 2.42. The molecule has 0 spiro atoms. The molecule has 94 valence electrons. The molecule has 0 aromatic heterocycles. The Labute approximate surface area is 104 Å². The second-order valence-electron chi connectivity index (χ2n) is 5.70. The van der Waals surface area contributed by atoms with Gasteiger partial charge in [-0.05, 0) is 47.0 Å². The van der Waals surface area contributed by atoms with E-state index in [9.17, 15) is 4.79 Å². The van der Waals surface area contributed by atoms with Crippen molar-refractivity contribution >= 4 is 5.78 Å². The number of allylic oxidation sites excluding steroid dienone is 3. The van der Waals surface area contributed by atoms with Crippen molar-refractivity contribution in [2.45, 2.75) is 59.0 Å². The lowest BCUT2D eigenvalue weighted by atomic mass is 9.76. The third-order valence-electron chi connectivity index (χ3n) is 4.27. The molecule has 1 aliphatic carbocycles. The van der Waals surface area contributed by atoms with Crippen LogP contribution in [0.25, 0.3) is 0 Å². The van der Waals surface area contributed by atoms with E-state index in [-0.39, 0.29) is 11.4 Å². The van der Waals surface area contributed by atoms with Gasteiger partial charge >= 0.3 is 0 Å². The SMILES string of the molecule is CC(=O)C1=C(C)OC(C)(C2CC=C(C)CC2)C1. The van der Waals surface area contributed by atoms with E-state index in [4.69, 9.17) is 4.74 Å². The molecule has 0 N–H and O–H groups in total. The van der Waals surface area contributed by atoms with Crippen molar-refractivity contribution in [1.29, 1.82) is 0 Å². The monoisotopic (exact) mass is 234 g/mol. The Balaban J connectivity index is 2.12. The Morgan fingerprint density at radius 2 is 2.18 bits per heavy atom. The van der Waals surface area contributed by atoms with Crippen molar-refractivity contribution in [3.63, 3.8) is 0 Å². The molecule has 0 aromatic rings. The summed E-state index contributed by atoms with van der Waals surface area (Å²) in [7, 11) is 0. The number of ketones is 1. The van der Waals surface area contributed by atoms with Crippen LogP contribution in [0.3, 0.4) is 0 Å². The Kier molecular flexibility index (Phi) is 3.15. The molecule has 0 amide bonds. The summed E-state index contributed by atoms with van der Waals surface area (Å²) in [6.45, 7) is 7.91. The largest absolute Gasteiger partial charge is 0.491 e. The molecular formula is C15H22O2. The van der Waals surface area contributed by atoms with Crippen molar-refractivity contribution in [2.75, 3.05) is 0 Å². The van der Waals surface area contributed by atoms with Crippen molar-refractivity contribution < 1.29 is 9.53 Å². The zero-order chi connectivity index (χ0) is 12.6. The maximum absolute atomic E-state index is 11.5. The third kappa shape index (κ3) is 2.31. The molecule has 2 nitrogen and oxygen atoms in total. The lowest BCUT2D eigenvalue weighted by Gasteiger charge is -2.36. The first kappa shape index (κ1) is 12.4. The predicted molar refractivity (Wildman–Crippen MR) is 68.6 cm³/mol. The summed E-state index contributed by atoms with van der Waals surface area (Å²) in [6, 6.07) is 0. The minimum absolute atomic E-state index is 0.161. The van der Waals surface area contributed by atoms with E-state index in [0.29, 0.717) is 5.92 Å². The molecule has 0 bridgehead atoms. The second kappa shape index (κ2) is 4.32. The van der Waals surface area contributed by atoms with Crippen LogP contribution in [-0.2, 0) is 9.53 Å². The fourth-order valence-corrected chi connectivity index (χ4v) is 3.04. The quantitative estimate of drug-likeness (QED) is 0.680. The van der Waals surface area contributed by atoms with E-state index in [1.807, 2.05) is 6.92 Å². The first-order valence-electron chi connectivity index (χ1n) is 6.48. The molecule has 0 radical (unpaired) electrons. The van der Waals surface area contributed by atoms with Gasteiger partial charge in [-0.15, -0.1) is 0 Å². The van der Waals surface area contributed by atoms with Gasteiger partial charge in [0.2, 0.25) is 0 Å². The summed E-state index contributed by atoms with van der Waals surface area (Å²) >= 11 is 0. The summed E-state index contributed by atoms with van der Waals surface area (Å²) in [5.41, 5.74) is 2.21. The van der Waals surface area contributed by atoms with Gasteiger partial charge < -0.3 is 4.74 Å². The zero-order valence-corrected chi connectivity index (χ0v) is 11.3. The van der Waals surface area contributed by atoms with E-state index in [2.05, 4.69) is 19.9 Å². The molecule has 1 heterocycles. The van der Waals surface area contributed by atoms with Crippen LogP contribution >= 0.6 is 0 Å². The Bertz CT molecular complexity index is 403. The van der Waals surface area contributed by atoms with Gasteiger partial charge in [0.1, 0.15) is 11.4 Å². The van der Waals surface area contributed by atoms with Crippen LogP contribution in [0.2, 0.25) is 0 Å². The van der Waals surface area contributed by atoms with Gasteiger partial charge in [0, 0.05) is 17.9 Å². The first-order chi connectivity index (χ1) is 7.92. The number of carbonyl (C=O) groups is 1. The number of hydrogen-bond acceptors (Lipinski definition) is 2. The van der Waals surface area contributed by atoms with Crippen LogP contribution in [0.5, 0.6) is 0 Å². The Morgan fingerprint density at radius 1 is 1.47 bits per heavy atom. The van der Waals surface area contributed by atoms with E-state index in [1.54, 1.807) is 6.92 Å². The van der Waals surface area contributed by atoms with Crippen molar-refractivity contribution in [3.8, 4) is 0 Å². The number of Topliss-reactive ketones (excluding diaryl/α,β-unsaturated/α-hetero) is 1. The number of carbonyl (C=O) groups excluding carboxylic acids is 1. The van der Waals surface area contributed by atoms with Gasteiger partial charge in [0.05, 0.1) is 0 Å². The molecular weight excluding hydrogens is 212 g/mol. The second-order valence-corrected chi connectivity index (χ2v) is 5.70. The topological polar surface area (TPSA) is 26.3 Å². The third-order valence-corrected chi connectivity index (χ3v) is 4.27. The van der Waals surface area contributed by atoms with Gasteiger partial charge in [-0.25, -0.2) is 0 Å². The van der Waals surface area contributed by atoms with Gasteiger partial charge in [-0.3, -0.25) is 4.79 Å². The lowest BCUT2D eigenvalue weighted by Crippen LogP contribution is -2.35. The maximum Gasteiger partial charge on any atom is 0.159 e. The molecule has 17 heavy (non-hydrogen) atoms. The van der Waals surface area contributed by atoms with Gasteiger partial charge in [0.25, 0.3) is 0 Å². The number of rotatable bonds is 2. The summed E-state index contributed by atoms with van der Waals surface area (Å²) in [5, 5.41) is 0. The number of hydrogen-bond donors (Lipinski definition) is 0. The van der Waals surface area contributed by atoms with Gasteiger partial charge in [-0.2, -0.15) is 0 Å². The summed E-state index contributed by atoms with van der Waals surface area (Å²) in [5.74, 6) is 1.54. The highest BCUT2D eigenvalue weighted by atomic mass is 16.5. The minimum atomic E-state index is -0.164. The normalized spacial score (nSPS) is 33.4. The van der Waals surface area contributed by atoms with E-state index < -0.39 is 0 Å². The fraction of sp³-hybridized carbons (Fsp3) is 0.667. The van der Waals surface area contributed by atoms with Crippen LogP contribution in [0.15, 0.2) is 23.0 Å². The van der Waals surface area contributed by atoms with Crippen LogP contribution < -0.4 is 0 Å². The molecule has 0 fully saturated rings. The first-order valence-corrected chi connectivity index (χ1v) is 6.48. The fourth-order valence-electron chi connectivity index (χ4n) is 3.04. The summed E-state index contributed by atoms with van der Waals surface area (Å²) < 4.78 is 6.03. The van der Waals surface area contributed by atoms with Crippen molar-refractivity contribution in [3.05, 3.63) is 23.0 Å². The highest BCUT2D eigenvalue weighted by Crippen LogP contribution is 2.44. The molecule has 2 unspecified atom stereocenters.